The molecule has 1 heterocycles. The van der Waals surface area contributed by atoms with E-state index in [4.69, 9.17) is 17.3 Å². The Morgan fingerprint density at radius 2 is 2.09 bits per heavy atom. The topological polar surface area (TPSA) is 59.2 Å². The van der Waals surface area contributed by atoms with Crippen molar-refractivity contribution >= 4 is 28.4 Å². The minimum Gasteiger partial charge on any atom is -0.342 e. The van der Waals surface area contributed by atoms with Crippen LogP contribution in [0.5, 0.6) is 0 Å². The third-order valence-electron chi connectivity index (χ3n) is 3.95. The van der Waals surface area contributed by atoms with Gasteiger partial charge in [-0.1, -0.05) is 25.4 Å². The van der Waals surface area contributed by atoms with Crippen molar-refractivity contribution in [3.05, 3.63) is 41.0 Å². The Hall–Kier alpha value is -1.65. The average Bonchev–Trinajstić information content (AvgIpc) is 2.52. The van der Waals surface area contributed by atoms with Crippen LogP contribution in [-0.4, -0.2) is 35.4 Å². The van der Waals surface area contributed by atoms with E-state index in [2.05, 4.69) is 18.8 Å². The standard InChI is InChI=1S/C17H22ClN3O/c1-11(2)15(19)8-10-21(3)17(22)13-6-7-14(18)12-5-4-9-20-16(12)13/h4-7,9,11,15H,8,10,19H2,1-3H3. The summed E-state index contributed by atoms with van der Waals surface area (Å²) in [5.41, 5.74) is 7.26. The van der Waals surface area contributed by atoms with Gasteiger partial charge in [-0.2, -0.15) is 0 Å². The monoisotopic (exact) mass is 319 g/mol. The van der Waals surface area contributed by atoms with Crippen molar-refractivity contribution in [2.75, 3.05) is 13.6 Å². The summed E-state index contributed by atoms with van der Waals surface area (Å²) >= 11 is 6.17. The number of fused-ring (bicyclic) bond motifs is 1. The summed E-state index contributed by atoms with van der Waals surface area (Å²) in [6, 6.07) is 7.25. The zero-order valence-corrected chi connectivity index (χ0v) is 14.0. The maximum atomic E-state index is 12.7. The van der Waals surface area contributed by atoms with E-state index in [1.165, 1.54) is 0 Å². The summed E-state index contributed by atoms with van der Waals surface area (Å²) in [5, 5.41) is 1.39. The van der Waals surface area contributed by atoms with Crippen LogP contribution in [0.25, 0.3) is 10.9 Å². The van der Waals surface area contributed by atoms with E-state index in [-0.39, 0.29) is 11.9 Å². The van der Waals surface area contributed by atoms with E-state index in [0.717, 1.165) is 11.8 Å². The maximum absolute atomic E-state index is 12.7. The highest BCUT2D eigenvalue weighted by Gasteiger charge is 2.18. The molecule has 1 atom stereocenters. The second-order valence-electron chi connectivity index (χ2n) is 5.92. The van der Waals surface area contributed by atoms with Crippen molar-refractivity contribution < 1.29 is 4.79 Å². The Bertz CT molecular complexity index is 672. The minimum absolute atomic E-state index is 0.0590. The second kappa shape index (κ2) is 7.07. The Morgan fingerprint density at radius 1 is 1.36 bits per heavy atom. The van der Waals surface area contributed by atoms with E-state index < -0.39 is 0 Å². The van der Waals surface area contributed by atoms with Crippen LogP contribution in [0.4, 0.5) is 0 Å². The zero-order chi connectivity index (χ0) is 16.3. The van der Waals surface area contributed by atoms with E-state index >= 15 is 0 Å². The number of pyridine rings is 1. The molecule has 2 rings (SSSR count). The summed E-state index contributed by atoms with van der Waals surface area (Å²) < 4.78 is 0. The Kier molecular flexibility index (Phi) is 5.37. The van der Waals surface area contributed by atoms with Crippen LogP contribution in [-0.2, 0) is 0 Å². The van der Waals surface area contributed by atoms with Gasteiger partial charge in [-0.25, -0.2) is 0 Å². The molecule has 5 heteroatoms. The highest BCUT2D eigenvalue weighted by Crippen LogP contribution is 2.25. The molecule has 1 unspecified atom stereocenters. The smallest absolute Gasteiger partial charge is 0.255 e. The van der Waals surface area contributed by atoms with Gasteiger partial charge in [0, 0.05) is 31.2 Å². The van der Waals surface area contributed by atoms with Gasteiger partial charge in [-0.3, -0.25) is 9.78 Å². The second-order valence-corrected chi connectivity index (χ2v) is 6.32. The molecule has 1 amide bonds. The molecule has 22 heavy (non-hydrogen) atoms. The molecule has 0 saturated carbocycles. The van der Waals surface area contributed by atoms with Gasteiger partial charge in [0.2, 0.25) is 0 Å². The van der Waals surface area contributed by atoms with Crippen molar-refractivity contribution in [2.45, 2.75) is 26.3 Å². The van der Waals surface area contributed by atoms with Crippen LogP contribution >= 0.6 is 11.6 Å². The molecule has 0 aliphatic carbocycles. The van der Waals surface area contributed by atoms with Crippen LogP contribution in [0.2, 0.25) is 5.02 Å². The van der Waals surface area contributed by atoms with Gasteiger partial charge in [-0.15, -0.1) is 0 Å². The van der Waals surface area contributed by atoms with Gasteiger partial charge in [0.05, 0.1) is 16.1 Å². The first-order chi connectivity index (χ1) is 10.4. The molecule has 4 nitrogen and oxygen atoms in total. The van der Waals surface area contributed by atoms with Crippen molar-refractivity contribution in [1.82, 2.24) is 9.88 Å². The lowest BCUT2D eigenvalue weighted by molar-refractivity contribution is 0.0791. The summed E-state index contributed by atoms with van der Waals surface area (Å²) in [5.74, 6) is 0.345. The SMILES string of the molecule is CC(C)C(N)CCN(C)C(=O)c1ccc(Cl)c2cccnc12. The number of benzene rings is 1. The van der Waals surface area contributed by atoms with E-state index in [9.17, 15) is 4.79 Å². The highest BCUT2D eigenvalue weighted by molar-refractivity contribution is 6.35. The Balaban J connectivity index is 2.21. The third kappa shape index (κ3) is 3.57. The largest absolute Gasteiger partial charge is 0.342 e. The van der Waals surface area contributed by atoms with Gasteiger partial charge >= 0.3 is 0 Å². The van der Waals surface area contributed by atoms with Crippen LogP contribution in [0.15, 0.2) is 30.5 Å². The number of aromatic nitrogens is 1. The van der Waals surface area contributed by atoms with Crippen molar-refractivity contribution in [1.29, 1.82) is 0 Å². The first-order valence-corrected chi connectivity index (χ1v) is 7.84. The minimum atomic E-state index is -0.0590. The molecule has 2 N–H and O–H groups in total. The van der Waals surface area contributed by atoms with Crippen LogP contribution < -0.4 is 5.73 Å². The predicted molar refractivity (Wildman–Crippen MR) is 91.1 cm³/mol. The normalized spacial score (nSPS) is 12.6. The number of nitrogens with two attached hydrogens (primary N) is 1. The van der Waals surface area contributed by atoms with Crippen LogP contribution in [0.3, 0.4) is 0 Å². The molecule has 1 aromatic heterocycles. The lowest BCUT2D eigenvalue weighted by Crippen LogP contribution is -2.34. The quantitative estimate of drug-likeness (QED) is 0.919. The fraction of sp³-hybridized carbons (Fsp3) is 0.412. The molecular formula is C17H22ClN3O. The lowest BCUT2D eigenvalue weighted by atomic mass is 10.0. The Labute approximate surface area is 136 Å². The molecule has 0 aliphatic rings. The first kappa shape index (κ1) is 16.7. The summed E-state index contributed by atoms with van der Waals surface area (Å²) in [7, 11) is 1.79. The molecular weight excluding hydrogens is 298 g/mol. The summed E-state index contributed by atoms with van der Waals surface area (Å²) in [6.45, 7) is 4.79. The number of amides is 1. The lowest BCUT2D eigenvalue weighted by Gasteiger charge is -2.22. The zero-order valence-electron chi connectivity index (χ0n) is 13.2. The molecule has 118 valence electrons. The number of hydrogen-bond donors (Lipinski definition) is 1. The van der Waals surface area contributed by atoms with Gasteiger partial charge in [-0.05, 0) is 36.6 Å². The summed E-state index contributed by atoms with van der Waals surface area (Å²) in [6.07, 6.45) is 2.45. The highest BCUT2D eigenvalue weighted by atomic mass is 35.5. The number of carbonyl (C=O) groups excluding carboxylic acids is 1. The van der Waals surface area contributed by atoms with Gasteiger partial charge in [0.25, 0.3) is 5.91 Å². The summed E-state index contributed by atoms with van der Waals surface area (Å²) in [4.78, 5) is 18.7. The molecule has 1 aromatic carbocycles. The number of hydrogen-bond acceptors (Lipinski definition) is 3. The predicted octanol–water partition coefficient (Wildman–Crippen LogP) is 3.33. The maximum Gasteiger partial charge on any atom is 0.255 e. The molecule has 0 fully saturated rings. The number of rotatable bonds is 5. The van der Waals surface area contributed by atoms with Crippen LogP contribution in [0.1, 0.15) is 30.6 Å². The number of carbonyl (C=O) groups is 1. The number of halogens is 1. The first-order valence-electron chi connectivity index (χ1n) is 7.46. The van der Waals surface area contributed by atoms with Gasteiger partial charge < -0.3 is 10.6 Å². The van der Waals surface area contributed by atoms with Crippen molar-refractivity contribution in [3.63, 3.8) is 0 Å². The molecule has 0 bridgehead atoms. The van der Waals surface area contributed by atoms with Crippen LogP contribution in [0, 0.1) is 5.92 Å². The molecule has 0 radical (unpaired) electrons. The average molecular weight is 320 g/mol. The van der Waals surface area contributed by atoms with Crippen molar-refractivity contribution in [2.24, 2.45) is 11.7 Å². The fourth-order valence-electron chi connectivity index (χ4n) is 2.29. The van der Waals surface area contributed by atoms with Crippen molar-refractivity contribution in [3.8, 4) is 0 Å². The molecule has 0 spiro atoms. The van der Waals surface area contributed by atoms with E-state index in [1.807, 2.05) is 12.1 Å². The Morgan fingerprint density at radius 3 is 2.77 bits per heavy atom. The molecule has 2 aromatic rings. The van der Waals surface area contributed by atoms with E-state index in [1.54, 1.807) is 30.3 Å². The van der Waals surface area contributed by atoms with Gasteiger partial charge in [0.1, 0.15) is 0 Å². The third-order valence-corrected chi connectivity index (χ3v) is 4.28. The molecule has 0 saturated heterocycles. The van der Waals surface area contributed by atoms with E-state index in [0.29, 0.717) is 28.6 Å². The number of nitrogens with zero attached hydrogens (tertiary/aromatic N) is 2. The fourth-order valence-corrected chi connectivity index (χ4v) is 2.51. The van der Waals surface area contributed by atoms with Gasteiger partial charge in [0.15, 0.2) is 0 Å². The molecule has 0 aliphatic heterocycles.